The fraction of sp³-hybridized carbons (Fsp3) is 0.0500. The van der Waals surface area contributed by atoms with Crippen LogP contribution in [0.5, 0.6) is 5.75 Å². The fourth-order valence-electron chi connectivity index (χ4n) is 2.25. The quantitative estimate of drug-likeness (QED) is 0.673. The van der Waals surface area contributed by atoms with Gasteiger partial charge in [0.15, 0.2) is 0 Å². The Bertz CT molecular complexity index is 881. The number of nitrogens with one attached hydrogen (secondary N) is 1. The number of rotatable bonds is 5. The van der Waals surface area contributed by atoms with E-state index in [2.05, 4.69) is 5.32 Å². The summed E-state index contributed by atoms with van der Waals surface area (Å²) in [4.78, 5) is 12.3. The number of hydrogen-bond donors (Lipinski definition) is 1. The van der Waals surface area contributed by atoms with E-state index >= 15 is 0 Å². The third-order valence-corrected chi connectivity index (χ3v) is 3.86. The Morgan fingerprint density at radius 3 is 2.52 bits per heavy atom. The minimum atomic E-state index is -0.290. The minimum Gasteiger partial charge on any atom is -0.489 e. The van der Waals surface area contributed by atoms with Gasteiger partial charge in [-0.05, 0) is 42.0 Å². The Hall–Kier alpha value is -2.85. The van der Waals surface area contributed by atoms with Crippen LogP contribution in [0.2, 0.25) is 5.02 Å². The fourth-order valence-corrected chi connectivity index (χ4v) is 2.48. The Labute approximate surface area is 150 Å². The van der Waals surface area contributed by atoms with E-state index in [0.29, 0.717) is 28.6 Å². The number of ether oxygens (including phenoxy) is 1. The van der Waals surface area contributed by atoms with Gasteiger partial charge in [0.2, 0.25) is 0 Å². The molecular formula is C20H15ClFNO2. The third kappa shape index (κ3) is 4.58. The maximum Gasteiger partial charge on any atom is 0.257 e. The molecule has 0 heterocycles. The molecule has 0 unspecified atom stereocenters. The summed E-state index contributed by atoms with van der Waals surface area (Å²) in [6.45, 7) is 0.308. The highest BCUT2D eigenvalue weighted by atomic mass is 35.5. The highest BCUT2D eigenvalue weighted by Crippen LogP contribution is 2.21. The zero-order valence-corrected chi connectivity index (χ0v) is 14.0. The van der Waals surface area contributed by atoms with Crippen LogP contribution in [0.3, 0.4) is 0 Å². The van der Waals surface area contributed by atoms with Crippen molar-refractivity contribution < 1.29 is 13.9 Å². The summed E-state index contributed by atoms with van der Waals surface area (Å²) >= 11 is 6.03. The van der Waals surface area contributed by atoms with Crippen molar-refractivity contribution in [2.24, 2.45) is 0 Å². The van der Waals surface area contributed by atoms with Crippen LogP contribution in [0.1, 0.15) is 15.9 Å². The molecule has 1 amide bonds. The predicted octanol–water partition coefficient (Wildman–Crippen LogP) is 5.31. The summed E-state index contributed by atoms with van der Waals surface area (Å²) in [6.07, 6.45) is 0. The van der Waals surface area contributed by atoms with E-state index in [-0.39, 0.29) is 11.7 Å². The van der Waals surface area contributed by atoms with Gasteiger partial charge in [0, 0.05) is 11.8 Å². The summed E-state index contributed by atoms with van der Waals surface area (Å²) < 4.78 is 18.6. The van der Waals surface area contributed by atoms with Crippen molar-refractivity contribution in [1.82, 2.24) is 0 Å². The van der Waals surface area contributed by atoms with Gasteiger partial charge in [-0.15, -0.1) is 0 Å². The highest BCUT2D eigenvalue weighted by Gasteiger charge is 2.10. The van der Waals surface area contributed by atoms with E-state index < -0.39 is 0 Å². The lowest BCUT2D eigenvalue weighted by atomic mass is 10.2. The van der Waals surface area contributed by atoms with Crippen LogP contribution in [-0.4, -0.2) is 5.91 Å². The molecule has 5 heteroatoms. The van der Waals surface area contributed by atoms with E-state index in [0.717, 1.165) is 5.56 Å². The van der Waals surface area contributed by atoms with Gasteiger partial charge in [0.1, 0.15) is 18.2 Å². The molecule has 126 valence electrons. The summed E-state index contributed by atoms with van der Waals surface area (Å²) in [5.74, 6) is 0.0237. The van der Waals surface area contributed by atoms with Crippen molar-refractivity contribution in [3.05, 3.63) is 94.8 Å². The molecule has 0 bridgehead atoms. The number of anilines is 1. The summed E-state index contributed by atoms with van der Waals surface area (Å²) in [5.41, 5.74) is 1.86. The molecule has 3 aromatic carbocycles. The predicted molar refractivity (Wildman–Crippen MR) is 96.6 cm³/mol. The number of halogens is 2. The Balaban J connectivity index is 1.66. The standard InChI is InChI=1S/C20H15ClFNO2/c21-19-7-2-1-6-18(19)20(24)23-16-4-3-5-17(12-16)25-13-14-8-10-15(22)11-9-14/h1-12H,13H2,(H,23,24). The second-order valence-corrected chi connectivity index (χ2v) is 5.78. The molecular weight excluding hydrogens is 341 g/mol. The molecule has 0 saturated heterocycles. The van der Waals surface area contributed by atoms with E-state index in [1.54, 1.807) is 60.7 Å². The topological polar surface area (TPSA) is 38.3 Å². The number of amides is 1. The van der Waals surface area contributed by atoms with Crippen LogP contribution >= 0.6 is 11.6 Å². The first-order valence-corrected chi connectivity index (χ1v) is 8.03. The number of carbonyl (C=O) groups is 1. The molecule has 3 nitrogen and oxygen atoms in total. The Morgan fingerprint density at radius 1 is 1.00 bits per heavy atom. The first-order chi connectivity index (χ1) is 12.1. The Kier molecular flexibility index (Phi) is 5.31. The first kappa shape index (κ1) is 17.0. The summed E-state index contributed by atoms with van der Waals surface area (Å²) in [7, 11) is 0. The monoisotopic (exact) mass is 355 g/mol. The molecule has 0 fully saturated rings. The van der Waals surface area contributed by atoms with Gasteiger partial charge in [0.25, 0.3) is 5.91 Å². The zero-order valence-electron chi connectivity index (χ0n) is 13.2. The number of carbonyl (C=O) groups excluding carboxylic acids is 1. The van der Waals surface area contributed by atoms with Gasteiger partial charge in [-0.2, -0.15) is 0 Å². The van der Waals surface area contributed by atoms with Crippen LogP contribution in [0.4, 0.5) is 10.1 Å². The normalized spacial score (nSPS) is 10.3. The van der Waals surface area contributed by atoms with Gasteiger partial charge in [-0.25, -0.2) is 4.39 Å². The molecule has 0 radical (unpaired) electrons. The molecule has 0 spiro atoms. The number of benzene rings is 3. The van der Waals surface area contributed by atoms with Crippen molar-refractivity contribution in [2.75, 3.05) is 5.32 Å². The van der Waals surface area contributed by atoms with Crippen LogP contribution in [0.25, 0.3) is 0 Å². The average molecular weight is 356 g/mol. The first-order valence-electron chi connectivity index (χ1n) is 7.65. The molecule has 0 saturated carbocycles. The highest BCUT2D eigenvalue weighted by molar-refractivity contribution is 6.34. The maximum absolute atomic E-state index is 12.9. The molecule has 3 aromatic rings. The van der Waals surface area contributed by atoms with Gasteiger partial charge in [-0.1, -0.05) is 41.9 Å². The molecule has 3 rings (SSSR count). The van der Waals surface area contributed by atoms with Crippen molar-refractivity contribution in [2.45, 2.75) is 6.61 Å². The van der Waals surface area contributed by atoms with Crippen molar-refractivity contribution in [1.29, 1.82) is 0 Å². The largest absolute Gasteiger partial charge is 0.489 e. The van der Waals surface area contributed by atoms with Crippen LogP contribution in [-0.2, 0) is 6.61 Å². The third-order valence-electron chi connectivity index (χ3n) is 3.53. The lowest BCUT2D eigenvalue weighted by molar-refractivity contribution is 0.102. The summed E-state index contributed by atoms with van der Waals surface area (Å²) in [5, 5.41) is 3.18. The molecule has 0 aliphatic rings. The van der Waals surface area contributed by atoms with Gasteiger partial charge in [-0.3, -0.25) is 4.79 Å². The lowest BCUT2D eigenvalue weighted by Crippen LogP contribution is -2.12. The van der Waals surface area contributed by atoms with E-state index in [4.69, 9.17) is 16.3 Å². The Morgan fingerprint density at radius 2 is 1.76 bits per heavy atom. The summed E-state index contributed by atoms with van der Waals surface area (Å²) in [6, 6.07) is 20.0. The van der Waals surface area contributed by atoms with Crippen molar-refractivity contribution >= 4 is 23.2 Å². The van der Waals surface area contributed by atoms with Gasteiger partial charge in [0.05, 0.1) is 10.6 Å². The molecule has 0 aliphatic carbocycles. The average Bonchev–Trinajstić information content (AvgIpc) is 2.62. The smallest absolute Gasteiger partial charge is 0.257 e. The zero-order chi connectivity index (χ0) is 17.6. The van der Waals surface area contributed by atoms with Crippen LogP contribution in [0.15, 0.2) is 72.8 Å². The van der Waals surface area contributed by atoms with Gasteiger partial charge >= 0.3 is 0 Å². The van der Waals surface area contributed by atoms with E-state index in [1.807, 2.05) is 0 Å². The number of hydrogen-bond acceptors (Lipinski definition) is 2. The second kappa shape index (κ2) is 7.81. The molecule has 1 N–H and O–H groups in total. The van der Waals surface area contributed by atoms with Crippen molar-refractivity contribution in [3.8, 4) is 5.75 Å². The SMILES string of the molecule is O=C(Nc1cccc(OCc2ccc(F)cc2)c1)c1ccccc1Cl. The van der Waals surface area contributed by atoms with Gasteiger partial charge < -0.3 is 10.1 Å². The minimum absolute atomic E-state index is 0.284. The van der Waals surface area contributed by atoms with Crippen LogP contribution < -0.4 is 10.1 Å². The molecule has 0 aromatic heterocycles. The maximum atomic E-state index is 12.9. The van der Waals surface area contributed by atoms with Crippen LogP contribution in [0, 0.1) is 5.82 Å². The lowest BCUT2D eigenvalue weighted by Gasteiger charge is -2.10. The van der Waals surface area contributed by atoms with E-state index in [9.17, 15) is 9.18 Å². The molecule has 0 aliphatic heterocycles. The molecule has 25 heavy (non-hydrogen) atoms. The van der Waals surface area contributed by atoms with Crippen molar-refractivity contribution in [3.63, 3.8) is 0 Å². The van der Waals surface area contributed by atoms with E-state index in [1.165, 1.54) is 12.1 Å². The second-order valence-electron chi connectivity index (χ2n) is 5.38. The molecule has 0 atom stereocenters.